The van der Waals surface area contributed by atoms with Crippen molar-refractivity contribution in [1.82, 2.24) is 0 Å². The molecular formula is C8H13N3O4S2. The summed E-state index contributed by atoms with van der Waals surface area (Å²) in [7, 11) is -7.15. The van der Waals surface area contributed by atoms with Gasteiger partial charge < -0.3 is 0 Å². The first-order valence-electron chi connectivity index (χ1n) is 4.63. The Hall–Kier alpha value is -1.32. The molecule has 1 rings (SSSR count). The van der Waals surface area contributed by atoms with Crippen LogP contribution in [0.3, 0.4) is 0 Å². The molecule has 0 amide bonds. The van der Waals surface area contributed by atoms with Gasteiger partial charge in [-0.2, -0.15) is 8.42 Å². The molecule has 0 aliphatic carbocycles. The fraction of sp³-hybridized carbons (Fsp3) is 0.250. The van der Waals surface area contributed by atoms with Crippen molar-refractivity contribution in [3.63, 3.8) is 0 Å². The van der Waals surface area contributed by atoms with E-state index in [1.54, 1.807) is 0 Å². The summed E-state index contributed by atoms with van der Waals surface area (Å²) in [5.74, 6) is -0.0375. The predicted molar refractivity (Wildman–Crippen MR) is 66.3 cm³/mol. The maximum absolute atomic E-state index is 11.2. The number of hydrogen-bond acceptors (Lipinski definition) is 4. The van der Waals surface area contributed by atoms with Crippen LogP contribution in [0.25, 0.3) is 0 Å². The fourth-order valence-corrected chi connectivity index (χ4v) is 2.13. The van der Waals surface area contributed by atoms with E-state index >= 15 is 0 Å². The summed E-state index contributed by atoms with van der Waals surface area (Å²) >= 11 is 0. The van der Waals surface area contributed by atoms with Gasteiger partial charge in [-0.3, -0.25) is 9.44 Å². The van der Waals surface area contributed by atoms with Crippen LogP contribution < -0.4 is 14.6 Å². The first-order chi connectivity index (χ1) is 7.72. The van der Waals surface area contributed by atoms with Crippen molar-refractivity contribution in [3.05, 3.63) is 24.3 Å². The van der Waals surface area contributed by atoms with Crippen molar-refractivity contribution in [3.8, 4) is 0 Å². The van der Waals surface area contributed by atoms with Crippen molar-refractivity contribution in [2.24, 2.45) is 5.14 Å². The van der Waals surface area contributed by atoms with Gasteiger partial charge >= 0.3 is 0 Å². The second-order valence-electron chi connectivity index (χ2n) is 3.23. The zero-order chi connectivity index (χ0) is 13.1. The van der Waals surface area contributed by atoms with Crippen molar-refractivity contribution in [1.29, 1.82) is 0 Å². The molecule has 0 aromatic heterocycles. The average Bonchev–Trinajstić information content (AvgIpc) is 2.19. The van der Waals surface area contributed by atoms with Crippen LogP contribution in [0.15, 0.2) is 24.3 Å². The van der Waals surface area contributed by atoms with Crippen molar-refractivity contribution < 1.29 is 16.8 Å². The van der Waals surface area contributed by atoms with Gasteiger partial charge in [0.05, 0.1) is 5.75 Å². The highest BCUT2D eigenvalue weighted by Crippen LogP contribution is 2.15. The first kappa shape index (κ1) is 13.7. The maximum Gasteiger partial charge on any atom is 0.296 e. The van der Waals surface area contributed by atoms with Crippen LogP contribution in [0.1, 0.15) is 6.92 Å². The largest absolute Gasteiger partial charge is 0.296 e. The molecule has 0 spiro atoms. The third kappa shape index (κ3) is 5.02. The van der Waals surface area contributed by atoms with Gasteiger partial charge in [0.15, 0.2) is 0 Å². The van der Waals surface area contributed by atoms with Gasteiger partial charge in [0.2, 0.25) is 10.0 Å². The molecule has 1 aromatic carbocycles. The van der Waals surface area contributed by atoms with Crippen LogP contribution >= 0.6 is 0 Å². The van der Waals surface area contributed by atoms with Gasteiger partial charge in [-0.1, -0.05) is 0 Å². The summed E-state index contributed by atoms with van der Waals surface area (Å²) in [5.41, 5.74) is 0.610. The molecule has 0 saturated heterocycles. The minimum Gasteiger partial charge on any atom is -0.284 e. The highest BCUT2D eigenvalue weighted by atomic mass is 32.2. The van der Waals surface area contributed by atoms with E-state index in [0.29, 0.717) is 5.69 Å². The summed E-state index contributed by atoms with van der Waals surface area (Å²) in [6, 6.07) is 5.66. The topological polar surface area (TPSA) is 118 Å². The molecule has 0 bridgehead atoms. The first-order valence-corrected chi connectivity index (χ1v) is 7.83. The van der Waals surface area contributed by atoms with E-state index in [9.17, 15) is 16.8 Å². The molecule has 0 radical (unpaired) electrons. The Morgan fingerprint density at radius 3 is 1.76 bits per heavy atom. The monoisotopic (exact) mass is 279 g/mol. The average molecular weight is 279 g/mol. The van der Waals surface area contributed by atoms with Gasteiger partial charge in [0, 0.05) is 11.4 Å². The third-order valence-electron chi connectivity index (χ3n) is 1.80. The maximum atomic E-state index is 11.2. The van der Waals surface area contributed by atoms with E-state index in [2.05, 4.69) is 9.44 Å². The molecule has 0 aliphatic rings. The second kappa shape index (κ2) is 4.90. The number of anilines is 2. The molecule has 96 valence electrons. The quantitative estimate of drug-likeness (QED) is 0.706. The smallest absolute Gasteiger partial charge is 0.284 e. The Morgan fingerprint density at radius 1 is 1.00 bits per heavy atom. The minimum atomic E-state index is -3.82. The highest BCUT2D eigenvalue weighted by Gasteiger charge is 2.07. The summed E-state index contributed by atoms with van der Waals surface area (Å²) in [4.78, 5) is 0. The number of rotatable bonds is 5. The Labute approximate surface area is 100 Å². The van der Waals surface area contributed by atoms with Gasteiger partial charge in [-0.15, -0.1) is 0 Å². The van der Waals surface area contributed by atoms with Crippen LogP contribution in [0.2, 0.25) is 0 Å². The SMILES string of the molecule is CCS(=O)(=O)Nc1ccc(NS(N)(=O)=O)cc1. The van der Waals surface area contributed by atoms with E-state index in [-0.39, 0.29) is 11.4 Å². The van der Waals surface area contributed by atoms with Crippen LogP contribution in [-0.2, 0) is 20.2 Å². The Kier molecular flexibility index (Phi) is 3.96. The normalized spacial score (nSPS) is 12.1. The lowest BCUT2D eigenvalue weighted by Gasteiger charge is -2.07. The summed E-state index contributed by atoms with van der Waals surface area (Å²) in [6.07, 6.45) is 0. The number of nitrogens with one attached hydrogen (secondary N) is 2. The van der Waals surface area contributed by atoms with Gasteiger partial charge in [-0.25, -0.2) is 13.6 Å². The van der Waals surface area contributed by atoms with Gasteiger partial charge in [0.25, 0.3) is 10.2 Å². The molecule has 4 N–H and O–H groups in total. The van der Waals surface area contributed by atoms with Crippen LogP contribution in [-0.4, -0.2) is 22.6 Å². The molecule has 0 saturated carbocycles. The third-order valence-corrected chi connectivity index (χ3v) is 3.63. The van der Waals surface area contributed by atoms with Crippen molar-refractivity contribution in [2.75, 3.05) is 15.2 Å². The van der Waals surface area contributed by atoms with Crippen LogP contribution in [0, 0.1) is 0 Å². The zero-order valence-corrected chi connectivity index (χ0v) is 10.7. The Bertz CT molecular complexity index is 578. The number of nitrogens with two attached hydrogens (primary N) is 1. The fourth-order valence-electron chi connectivity index (χ4n) is 1.02. The summed E-state index contributed by atoms with van der Waals surface area (Å²) in [6.45, 7) is 1.51. The van der Waals surface area contributed by atoms with E-state index in [0.717, 1.165) is 0 Å². The lowest BCUT2D eigenvalue weighted by Crippen LogP contribution is -2.21. The lowest BCUT2D eigenvalue weighted by molar-refractivity contribution is 0.600. The minimum absolute atomic E-state index is 0.0375. The van der Waals surface area contributed by atoms with E-state index in [1.807, 2.05) is 0 Å². The van der Waals surface area contributed by atoms with Crippen LogP contribution in [0.4, 0.5) is 11.4 Å². The molecule has 9 heteroatoms. The van der Waals surface area contributed by atoms with Gasteiger partial charge in [-0.05, 0) is 31.2 Å². The predicted octanol–water partition coefficient (Wildman–Crippen LogP) is 0.0636. The Balaban J connectivity index is 2.82. The number of benzene rings is 1. The summed E-state index contributed by atoms with van der Waals surface area (Å²) < 4.78 is 48.3. The molecule has 0 unspecified atom stereocenters. The van der Waals surface area contributed by atoms with Crippen molar-refractivity contribution in [2.45, 2.75) is 6.92 Å². The van der Waals surface area contributed by atoms with Crippen LogP contribution in [0.5, 0.6) is 0 Å². The van der Waals surface area contributed by atoms with E-state index in [1.165, 1.54) is 31.2 Å². The van der Waals surface area contributed by atoms with Crippen molar-refractivity contribution >= 4 is 31.6 Å². The molecule has 17 heavy (non-hydrogen) atoms. The number of hydrogen-bond donors (Lipinski definition) is 3. The number of sulfonamides is 1. The highest BCUT2D eigenvalue weighted by molar-refractivity contribution is 7.92. The molecule has 0 heterocycles. The standard InChI is InChI=1S/C8H13N3O4S2/c1-2-16(12,13)10-7-3-5-8(6-4-7)11-17(9,14)15/h3-6,10-11H,2H2,1H3,(H2,9,14,15). The second-order valence-corrected chi connectivity index (χ2v) is 6.54. The Morgan fingerprint density at radius 2 is 1.41 bits per heavy atom. The molecule has 1 aromatic rings. The molecule has 0 atom stereocenters. The summed E-state index contributed by atoms with van der Waals surface area (Å²) in [5, 5.41) is 4.78. The van der Waals surface area contributed by atoms with Gasteiger partial charge in [0.1, 0.15) is 0 Å². The molecule has 7 nitrogen and oxygen atoms in total. The molecular weight excluding hydrogens is 266 g/mol. The van der Waals surface area contributed by atoms with E-state index in [4.69, 9.17) is 5.14 Å². The molecule has 0 fully saturated rings. The van der Waals surface area contributed by atoms with E-state index < -0.39 is 20.2 Å². The zero-order valence-electron chi connectivity index (χ0n) is 9.04. The lowest BCUT2D eigenvalue weighted by atomic mass is 10.3. The molecule has 0 aliphatic heterocycles.